The lowest BCUT2D eigenvalue weighted by Gasteiger charge is -1.94. The molecule has 2 rings (SSSR count). The lowest BCUT2D eigenvalue weighted by Crippen LogP contribution is -2.29. The second-order valence-corrected chi connectivity index (χ2v) is 5.50. The van der Waals surface area contributed by atoms with Crippen LogP contribution in [0, 0.1) is 13.8 Å². The molecule has 2 aromatic rings. The molecule has 0 spiro atoms. The quantitative estimate of drug-likeness (QED) is 0.266. The van der Waals surface area contributed by atoms with Gasteiger partial charge in [-0.1, -0.05) is 0 Å². The maximum Gasteiger partial charge on any atom is 0.367 e. The van der Waals surface area contributed by atoms with Gasteiger partial charge in [0.25, 0.3) is 5.91 Å². The fraction of sp³-hybridized carbons (Fsp3) is 0.333. The van der Waals surface area contributed by atoms with Gasteiger partial charge in [0.1, 0.15) is 0 Å². The number of aromatic nitrogens is 2. The Kier molecular flexibility index (Phi) is 10.7. The number of amides is 1. The van der Waals surface area contributed by atoms with Crippen LogP contribution < -0.4 is 23.0 Å². The van der Waals surface area contributed by atoms with Crippen molar-refractivity contribution in [3.63, 3.8) is 0 Å². The number of nitrogens with zero attached hydrogens (tertiary/aromatic N) is 2. The largest absolute Gasteiger partial charge is 0.461 e. The van der Waals surface area contributed by atoms with Crippen molar-refractivity contribution >= 4 is 34.6 Å². The average molecular weight is 360 g/mol. The molecule has 0 unspecified atom stereocenters. The zero-order valence-electron chi connectivity index (χ0n) is 13.0. The number of carbonyl (C=O) groups is 2. The van der Waals surface area contributed by atoms with E-state index in [9.17, 15) is 9.59 Å². The minimum absolute atomic E-state index is 0.328. The van der Waals surface area contributed by atoms with Gasteiger partial charge in [0.15, 0.2) is 5.01 Å². The number of rotatable bonds is 3. The molecule has 9 nitrogen and oxygen atoms in total. The molecule has 11 heteroatoms. The summed E-state index contributed by atoms with van der Waals surface area (Å²) in [6, 6.07) is 0. The van der Waals surface area contributed by atoms with Crippen molar-refractivity contribution in [1.82, 2.24) is 15.4 Å². The van der Waals surface area contributed by atoms with Gasteiger partial charge in [-0.3, -0.25) is 21.9 Å². The molecular weight excluding hydrogens is 340 g/mol. The molecular formula is C12H20N6O3S2. The second kappa shape index (κ2) is 11.6. The summed E-state index contributed by atoms with van der Waals surface area (Å²) in [5, 5.41) is 4.46. The lowest BCUT2D eigenvalue weighted by molar-refractivity contribution is 0.0525. The summed E-state index contributed by atoms with van der Waals surface area (Å²) in [4.78, 5) is 29.6. The number of hydrogen-bond acceptors (Lipinski definition) is 10. The predicted octanol–water partition coefficient (Wildman–Crippen LogP) is 0.502. The van der Waals surface area contributed by atoms with E-state index in [2.05, 4.69) is 21.7 Å². The Hall–Kier alpha value is -1.92. The van der Waals surface area contributed by atoms with E-state index in [1.807, 2.05) is 24.7 Å². The molecule has 0 aliphatic rings. The van der Waals surface area contributed by atoms with Crippen molar-refractivity contribution in [2.45, 2.75) is 20.8 Å². The smallest absolute Gasteiger partial charge is 0.367 e. The van der Waals surface area contributed by atoms with Crippen molar-refractivity contribution in [2.75, 3.05) is 6.61 Å². The van der Waals surface area contributed by atoms with Crippen LogP contribution in [-0.4, -0.2) is 28.5 Å². The summed E-state index contributed by atoms with van der Waals surface area (Å²) in [5.74, 6) is 12.2. The molecule has 1 amide bonds. The van der Waals surface area contributed by atoms with Gasteiger partial charge in [-0.25, -0.2) is 20.6 Å². The van der Waals surface area contributed by atoms with E-state index in [-0.39, 0.29) is 11.9 Å². The molecule has 0 fully saturated rings. The van der Waals surface area contributed by atoms with Gasteiger partial charge in [0, 0.05) is 22.1 Å². The Bertz CT molecular complexity index is 613. The number of thiazole rings is 2. The fourth-order valence-electron chi connectivity index (χ4n) is 1.16. The van der Waals surface area contributed by atoms with Crippen LogP contribution in [0.2, 0.25) is 0 Å². The Morgan fingerprint density at radius 2 is 1.61 bits per heavy atom. The van der Waals surface area contributed by atoms with Gasteiger partial charge in [-0.2, -0.15) is 0 Å². The van der Waals surface area contributed by atoms with Gasteiger partial charge >= 0.3 is 5.97 Å². The molecule has 0 aliphatic heterocycles. The molecule has 23 heavy (non-hydrogen) atoms. The number of ether oxygens (including phenoxy) is 1. The van der Waals surface area contributed by atoms with Crippen molar-refractivity contribution < 1.29 is 14.3 Å². The standard InChI is InChI=1S/C7H9NO2S.C5H7N3OS.H4N2/c1-3-10-7(9)6-8-5(2)4-11-6;1-3-2-10-5(7-3)4(9)8-6;1-2/h4H,3H2,1-2H3;2H,6H2,1H3,(H,8,9);1-2H2. The molecule has 0 radical (unpaired) electrons. The third kappa shape index (κ3) is 7.76. The minimum atomic E-state index is -0.335. The number of nitrogens with one attached hydrogen (secondary N) is 1. The van der Waals surface area contributed by atoms with Crippen molar-refractivity contribution in [3.8, 4) is 0 Å². The third-order valence-electron chi connectivity index (χ3n) is 2.01. The normalized spacial score (nSPS) is 8.96. The number of aryl methyl sites for hydroxylation is 2. The van der Waals surface area contributed by atoms with Crippen LogP contribution in [-0.2, 0) is 4.74 Å². The number of hydrogen-bond donors (Lipinski definition) is 4. The van der Waals surface area contributed by atoms with Crippen molar-refractivity contribution in [2.24, 2.45) is 17.5 Å². The van der Waals surface area contributed by atoms with E-state index in [1.54, 1.807) is 12.3 Å². The molecule has 0 saturated heterocycles. The number of nitrogens with two attached hydrogens (primary N) is 3. The number of carbonyl (C=O) groups excluding carboxylic acids is 2. The van der Waals surface area contributed by atoms with Gasteiger partial charge in [-0.05, 0) is 20.8 Å². The number of hydrazine groups is 2. The van der Waals surface area contributed by atoms with Crippen LogP contribution >= 0.6 is 22.7 Å². The Morgan fingerprint density at radius 1 is 1.13 bits per heavy atom. The highest BCUT2D eigenvalue weighted by Crippen LogP contribution is 2.09. The molecule has 0 aromatic carbocycles. The summed E-state index contributed by atoms with van der Waals surface area (Å²) in [6.07, 6.45) is 0. The summed E-state index contributed by atoms with van der Waals surface area (Å²) in [5.41, 5.74) is 3.70. The average Bonchev–Trinajstić information content (AvgIpc) is 3.18. The van der Waals surface area contributed by atoms with E-state index < -0.39 is 0 Å². The van der Waals surface area contributed by atoms with Crippen molar-refractivity contribution in [3.05, 3.63) is 32.2 Å². The maximum atomic E-state index is 11.0. The van der Waals surface area contributed by atoms with Crippen LogP contribution in [0.15, 0.2) is 10.8 Å². The van der Waals surface area contributed by atoms with Gasteiger partial charge in [-0.15, -0.1) is 22.7 Å². The monoisotopic (exact) mass is 360 g/mol. The molecule has 0 aliphatic carbocycles. The zero-order chi connectivity index (χ0) is 17.8. The van der Waals surface area contributed by atoms with Crippen LogP contribution in [0.1, 0.15) is 37.9 Å². The molecule has 0 saturated carbocycles. The topological polar surface area (TPSA) is 159 Å². The lowest BCUT2D eigenvalue weighted by atomic mass is 10.6. The first-order valence-electron chi connectivity index (χ1n) is 6.33. The Morgan fingerprint density at radius 3 is 1.96 bits per heavy atom. The molecule has 2 heterocycles. The second-order valence-electron chi connectivity index (χ2n) is 3.78. The third-order valence-corrected chi connectivity index (χ3v) is 3.91. The van der Waals surface area contributed by atoms with Gasteiger partial charge < -0.3 is 4.74 Å². The highest BCUT2D eigenvalue weighted by Gasteiger charge is 2.09. The fourth-order valence-corrected chi connectivity index (χ4v) is 2.54. The van der Waals surface area contributed by atoms with Crippen LogP contribution in [0.25, 0.3) is 0 Å². The van der Waals surface area contributed by atoms with Gasteiger partial charge in [0.2, 0.25) is 5.01 Å². The van der Waals surface area contributed by atoms with E-state index >= 15 is 0 Å². The molecule has 0 atom stereocenters. The predicted molar refractivity (Wildman–Crippen MR) is 89.7 cm³/mol. The highest BCUT2D eigenvalue weighted by atomic mass is 32.1. The van der Waals surface area contributed by atoms with E-state index in [0.717, 1.165) is 11.4 Å². The van der Waals surface area contributed by atoms with E-state index in [1.165, 1.54) is 22.7 Å². The van der Waals surface area contributed by atoms with E-state index in [0.29, 0.717) is 16.6 Å². The molecule has 7 N–H and O–H groups in total. The first-order chi connectivity index (χ1) is 11.0. The summed E-state index contributed by atoms with van der Waals surface area (Å²) in [6.45, 7) is 5.85. The van der Waals surface area contributed by atoms with Crippen LogP contribution in [0.5, 0.6) is 0 Å². The van der Waals surface area contributed by atoms with Crippen LogP contribution in [0.4, 0.5) is 0 Å². The minimum Gasteiger partial charge on any atom is -0.461 e. The molecule has 128 valence electrons. The van der Waals surface area contributed by atoms with Crippen molar-refractivity contribution in [1.29, 1.82) is 0 Å². The summed E-state index contributed by atoms with van der Waals surface area (Å²) >= 11 is 2.59. The maximum absolute atomic E-state index is 11.0. The molecule has 2 aromatic heterocycles. The summed E-state index contributed by atoms with van der Waals surface area (Å²) in [7, 11) is 0. The number of esters is 1. The number of nitrogen functional groups attached to an aromatic ring is 1. The SMILES string of the molecule is CCOC(=O)c1nc(C)cs1.Cc1csc(C(=O)NN)n1.NN. The van der Waals surface area contributed by atoms with Gasteiger partial charge in [0.05, 0.1) is 6.61 Å². The first-order valence-corrected chi connectivity index (χ1v) is 8.09. The van der Waals surface area contributed by atoms with E-state index in [4.69, 9.17) is 10.6 Å². The highest BCUT2D eigenvalue weighted by molar-refractivity contribution is 7.12. The first kappa shape index (κ1) is 21.1. The molecule has 0 bridgehead atoms. The Labute approximate surface area is 141 Å². The summed E-state index contributed by atoms with van der Waals surface area (Å²) < 4.78 is 4.75. The Balaban J connectivity index is 0.000000381. The zero-order valence-corrected chi connectivity index (χ0v) is 14.7. The van der Waals surface area contributed by atoms with Crippen LogP contribution in [0.3, 0.4) is 0 Å².